The van der Waals surface area contributed by atoms with E-state index in [0.717, 1.165) is 0 Å². The summed E-state index contributed by atoms with van der Waals surface area (Å²) < 4.78 is 11.1. The predicted octanol–water partition coefficient (Wildman–Crippen LogP) is 0.997. The monoisotopic (exact) mass is 362 g/mol. The maximum Gasteiger partial charge on any atom is 0.267 e. The number of hydrogen-bond donors (Lipinski definition) is 2. The van der Waals surface area contributed by atoms with Crippen molar-refractivity contribution < 1.29 is 19.4 Å². The number of piperidine rings is 1. The Kier molecular flexibility index (Phi) is 4.41. The lowest BCUT2D eigenvalue weighted by molar-refractivity contribution is 0.0424. The third-order valence-corrected chi connectivity index (χ3v) is 5.17. The molecular weight excluding hydrogens is 344 g/mol. The maximum absolute atomic E-state index is 12.8. The number of nitrogens with one attached hydrogen (secondary N) is 1. The fraction of sp³-hybridized carbons (Fsp3) is 0.438. The van der Waals surface area contributed by atoms with Gasteiger partial charge in [0.2, 0.25) is 5.95 Å². The standard InChI is InChI=1S/C16H18N4O4S/c21-11-8-20(5-2-10(11)19-16-17-3-1-4-18-16)15(22)14-13-12(9-25-14)23-6-7-24-13/h1,3-4,9-11,21H,2,5-8H2,(H,17,18,19)/t10-,11-/m1/s1. The number of aliphatic hydroxyl groups excluding tert-OH is 1. The van der Waals surface area contributed by atoms with E-state index in [4.69, 9.17) is 9.47 Å². The minimum absolute atomic E-state index is 0.134. The summed E-state index contributed by atoms with van der Waals surface area (Å²) in [5, 5.41) is 15.3. The van der Waals surface area contributed by atoms with Gasteiger partial charge in [0.05, 0.1) is 12.1 Å². The van der Waals surface area contributed by atoms with Crippen LogP contribution in [0.5, 0.6) is 11.5 Å². The van der Waals surface area contributed by atoms with Crippen molar-refractivity contribution in [1.29, 1.82) is 0 Å². The Labute approximate surface area is 148 Å². The van der Waals surface area contributed by atoms with Crippen molar-refractivity contribution in [3.05, 3.63) is 28.7 Å². The highest BCUT2D eigenvalue weighted by Crippen LogP contribution is 2.40. The molecule has 1 saturated heterocycles. The first-order valence-corrected chi connectivity index (χ1v) is 8.98. The quantitative estimate of drug-likeness (QED) is 0.841. The lowest BCUT2D eigenvalue weighted by Gasteiger charge is -2.36. The second kappa shape index (κ2) is 6.85. The van der Waals surface area contributed by atoms with Crippen LogP contribution in [0.1, 0.15) is 16.1 Å². The number of fused-ring (bicyclic) bond motifs is 1. The number of aromatic nitrogens is 2. The van der Waals surface area contributed by atoms with Crippen molar-refractivity contribution in [1.82, 2.24) is 14.9 Å². The molecule has 0 saturated carbocycles. The molecular formula is C16H18N4O4S. The fourth-order valence-corrected chi connectivity index (χ4v) is 3.87. The molecule has 2 aromatic heterocycles. The second-order valence-corrected chi connectivity index (χ2v) is 6.77. The van der Waals surface area contributed by atoms with Crippen molar-refractivity contribution >= 4 is 23.2 Å². The Morgan fingerprint density at radius 1 is 1.32 bits per heavy atom. The van der Waals surface area contributed by atoms with Gasteiger partial charge in [0.15, 0.2) is 11.5 Å². The van der Waals surface area contributed by atoms with Crippen LogP contribution in [0.15, 0.2) is 23.8 Å². The summed E-state index contributed by atoms with van der Waals surface area (Å²) in [6, 6.07) is 1.54. The highest BCUT2D eigenvalue weighted by Gasteiger charge is 2.34. The van der Waals surface area contributed by atoms with Gasteiger partial charge in [0, 0.05) is 30.9 Å². The zero-order chi connectivity index (χ0) is 17.2. The molecule has 132 valence electrons. The molecule has 2 aromatic rings. The molecule has 0 aliphatic carbocycles. The molecule has 2 atom stereocenters. The average molecular weight is 362 g/mol. The zero-order valence-electron chi connectivity index (χ0n) is 13.4. The molecule has 0 unspecified atom stereocenters. The lowest BCUT2D eigenvalue weighted by Crippen LogP contribution is -2.51. The van der Waals surface area contributed by atoms with E-state index in [1.165, 1.54) is 11.3 Å². The number of anilines is 1. The van der Waals surface area contributed by atoms with Crippen molar-refractivity contribution in [2.75, 3.05) is 31.6 Å². The summed E-state index contributed by atoms with van der Waals surface area (Å²) in [7, 11) is 0. The molecule has 8 nitrogen and oxygen atoms in total. The highest BCUT2D eigenvalue weighted by atomic mass is 32.1. The van der Waals surface area contributed by atoms with E-state index in [-0.39, 0.29) is 18.5 Å². The number of amides is 1. The molecule has 0 spiro atoms. The summed E-state index contributed by atoms with van der Waals surface area (Å²) in [6.07, 6.45) is 3.19. The van der Waals surface area contributed by atoms with Crippen molar-refractivity contribution in [3.63, 3.8) is 0 Å². The van der Waals surface area contributed by atoms with Gasteiger partial charge >= 0.3 is 0 Å². The van der Waals surface area contributed by atoms with Gasteiger partial charge in [-0.3, -0.25) is 4.79 Å². The number of thiophene rings is 1. The van der Waals surface area contributed by atoms with Crippen molar-refractivity contribution in [2.45, 2.75) is 18.6 Å². The summed E-state index contributed by atoms with van der Waals surface area (Å²) in [4.78, 5) is 23.2. The van der Waals surface area contributed by atoms with E-state index in [1.54, 1.807) is 28.7 Å². The van der Waals surface area contributed by atoms with E-state index < -0.39 is 6.10 Å². The number of carbonyl (C=O) groups is 1. The Balaban J connectivity index is 1.42. The Morgan fingerprint density at radius 2 is 2.12 bits per heavy atom. The van der Waals surface area contributed by atoms with E-state index in [0.29, 0.717) is 48.5 Å². The molecule has 4 rings (SSSR count). The van der Waals surface area contributed by atoms with Gasteiger partial charge in [-0.15, -0.1) is 11.3 Å². The Bertz CT molecular complexity index is 754. The van der Waals surface area contributed by atoms with E-state index in [1.807, 2.05) is 0 Å². The van der Waals surface area contributed by atoms with E-state index in [2.05, 4.69) is 15.3 Å². The van der Waals surface area contributed by atoms with Crippen LogP contribution < -0.4 is 14.8 Å². The number of nitrogens with zero attached hydrogens (tertiary/aromatic N) is 3. The van der Waals surface area contributed by atoms with Crippen LogP contribution in [0.3, 0.4) is 0 Å². The minimum atomic E-state index is -0.700. The number of β-amino-alcohol motifs (C(OH)–C–C–N with tert-alkyl or cyclic N) is 1. The molecule has 2 aliphatic heterocycles. The number of likely N-dealkylation sites (tertiary alicyclic amines) is 1. The maximum atomic E-state index is 12.8. The topological polar surface area (TPSA) is 96.8 Å². The summed E-state index contributed by atoms with van der Waals surface area (Å²) in [5.74, 6) is 1.49. The van der Waals surface area contributed by atoms with Gasteiger partial charge in [-0.2, -0.15) is 0 Å². The van der Waals surface area contributed by atoms with Crippen LogP contribution in [0.4, 0.5) is 5.95 Å². The SMILES string of the molecule is O=C(c1scc2c1OCCO2)N1CC[C@@H](Nc2ncccn2)[C@H](O)C1. The average Bonchev–Trinajstić information content (AvgIpc) is 3.08. The molecule has 9 heteroatoms. The third-order valence-electron chi connectivity index (χ3n) is 4.24. The van der Waals surface area contributed by atoms with Crippen LogP contribution in [0.25, 0.3) is 0 Å². The van der Waals surface area contributed by atoms with Gasteiger partial charge in [0.25, 0.3) is 5.91 Å². The smallest absolute Gasteiger partial charge is 0.267 e. The summed E-state index contributed by atoms with van der Waals surface area (Å²) >= 11 is 1.31. The largest absolute Gasteiger partial charge is 0.485 e. The third kappa shape index (κ3) is 3.24. The van der Waals surface area contributed by atoms with Crippen LogP contribution in [-0.2, 0) is 0 Å². The van der Waals surface area contributed by atoms with Crippen LogP contribution in [-0.4, -0.2) is 64.3 Å². The molecule has 0 radical (unpaired) electrons. The predicted molar refractivity (Wildman–Crippen MR) is 91.3 cm³/mol. The summed E-state index contributed by atoms with van der Waals surface area (Å²) in [6.45, 7) is 1.72. The normalized spacial score (nSPS) is 22.5. The van der Waals surface area contributed by atoms with Gasteiger partial charge < -0.3 is 24.8 Å². The molecule has 4 heterocycles. The van der Waals surface area contributed by atoms with Crippen molar-refractivity contribution in [2.24, 2.45) is 0 Å². The molecule has 1 fully saturated rings. The molecule has 0 bridgehead atoms. The Hall–Kier alpha value is -2.39. The molecule has 2 aliphatic rings. The first-order chi connectivity index (χ1) is 12.2. The zero-order valence-corrected chi connectivity index (χ0v) is 14.2. The molecule has 25 heavy (non-hydrogen) atoms. The van der Waals surface area contributed by atoms with E-state index >= 15 is 0 Å². The number of hydrogen-bond acceptors (Lipinski definition) is 8. The van der Waals surface area contributed by atoms with Gasteiger partial charge in [-0.1, -0.05) is 0 Å². The Morgan fingerprint density at radius 3 is 2.92 bits per heavy atom. The molecule has 0 aromatic carbocycles. The van der Waals surface area contributed by atoms with Gasteiger partial charge in [-0.25, -0.2) is 9.97 Å². The number of aliphatic hydroxyl groups is 1. The number of rotatable bonds is 3. The number of ether oxygens (including phenoxy) is 2. The van der Waals surface area contributed by atoms with Gasteiger partial charge in [0.1, 0.15) is 18.1 Å². The van der Waals surface area contributed by atoms with Crippen LogP contribution >= 0.6 is 11.3 Å². The van der Waals surface area contributed by atoms with Crippen LogP contribution in [0, 0.1) is 0 Å². The lowest BCUT2D eigenvalue weighted by atomic mass is 10.0. The van der Waals surface area contributed by atoms with Crippen LogP contribution in [0.2, 0.25) is 0 Å². The molecule has 1 amide bonds. The van der Waals surface area contributed by atoms with E-state index in [9.17, 15) is 9.90 Å². The number of carbonyl (C=O) groups excluding carboxylic acids is 1. The van der Waals surface area contributed by atoms with Crippen molar-refractivity contribution in [3.8, 4) is 11.5 Å². The fourth-order valence-electron chi connectivity index (χ4n) is 2.98. The van der Waals surface area contributed by atoms with Gasteiger partial charge in [-0.05, 0) is 12.5 Å². The first kappa shape index (κ1) is 16.1. The highest BCUT2D eigenvalue weighted by molar-refractivity contribution is 7.12. The first-order valence-electron chi connectivity index (χ1n) is 8.10. The second-order valence-electron chi connectivity index (χ2n) is 5.89. The minimum Gasteiger partial charge on any atom is -0.485 e. The molecule has 2 N–H and O–H groups in total. The summed E-state index contributed by atoms with van der Waals surface area (Å²) in [5.41, 5.74) is 0.